The van der Waals surface area contributed by atoms with Crippen LogP contribution in [0.2, 0.25) is 0 Å². The number of pyridine rings is 1. The fourth-order valence-corrected chi connectivity index (χ4v) is 2.26. The predicted molar refractivity (Wildman–Crippen MR) is 95.6 cm³/mol. The Morgan fingerprint density at radius 1 is 1.20 bits per heavy atom. The summed E-state index contributed by atoms with van der Waals surface area (Å²) in [4.78, 5) is 30.2. The van der Waals surface area contributed by atoms with E-state index in [9.17, 15) is 9.59 Å². The van der Waals surface area contributed by atoms with Crippen LogP contribution in [0, 0.1) is 0 Å². The van der Waals surface area contributed by atoms with Crippen molar-refractivity contribution in [1.82, 2.24) is 15.2 Å². The molecule has 0 aliphatic rings. The van der Waals surface area contributed by atoms with Crippen LogP contribution in [0.4, 0.5) is 0 Å². The first-order chi connectivity index (χ1) is 12.0. The minimum Gasteiger partial charge on any atom is -0.439 e. The number of rotatable bonds is 7. The number of likely N-dealkylation sites (N-methyl/N-ethyl adjacent to an activating group) is 1. The van der Waals surface area contributed by atoms with Crippen LogP contribution in [0.1, 0.15) is 31.1 Å². The molecule has 1 heterocycles. The highest BCUT2D eigenvalue weighted by molar-refractivity contribution is 5.96. The van der Waals surface area contributed by atoms with Gasteiger partial charge in [0.2, 0.25) is 11.8 Å². The van der Waals surface area contributed by atoms with Crippen molar-refractivity contribution in [2.45, 2.75) is 26.8 Å². The van der Waals surface area contributed by atoms with E-state index in [1.54, 1.807) is 12.1 Å². The summed E-state index contributed by atoms with van der Waals surface area (Å²) in [6, 6.07) is 12.5. The van der Waals surface area contributed by atoms with E-state index in [2.05, 4.69) is 10.3 Å². The molecule has 132 valence electrons. The lowest BCUT2D eigenvalue weighted by molar-refractivity contribution is -0.122. The van der Waals surface area contributed by atoms with Gasteiger partial charge in [0.15, 0.2) is 0 Å². The van der Waals surface area contributed by atoms with Gasteiger partial charge in [-0.25, -0.2) is 4.98 Å². The summed E-state index contributed by atoms with van der Waals surface area (Å²) in [5, 5.41) is 2.79. The first-order valence-corrected chi connectivity index (χ1v) is 8.27. The van der Waals surface area contributed by atoms with Gasteiger partial charge in [0.25, 0.3) is 5.91 Å². The number of hydrogen-bond acceptors (Lipinski definition) is 4. The Balaban J connectivity index is 2.09. The van der Waals surface area contributed by atoms with Crippen molar-refractivity contribution in [2.75, 3.05) is 13.1 Å². The van der Waals surface area contributed by atoms with E-state index in [4.69, 9.17) is 4.74 Å². The molecule has 6 nitrogen and oxygen atoms in total. The van der Waals surface area contributed by atoms with E-state index >= 15 is 0 Å². The van der Waals surface area contributed by atoms with Gasteiger partial charge in [-0.15, -0.1) is 0 Å². The Morgan fingerprint density at radius 2 is 1.92 bits per heavy atom. The zero-order chi connectivity index (χ0) is 18.2. The Morgan fingerprint density at radius 3 is 2.56 bits per heavy atom. The quantitative estimate of drug-likeness (QED) is 0.840. The summed E-state index contributed by atoms with van der Waals surface area (Å²) in [6.07, 6.45) is 1.52. The average Bonchev–Trinajstić information content (AvgIpc) is 2.59. The van der Waals surface area contributed by atoms with Crippen LogP contribution in [-0.2, 0) is 4.79 Å². The molecule has 0 bridgehead atoms. The van der Waals surface area contributed by atoms with E-state index < -0.39 is 0 Å². The normalized spacial score (nSPS) is 10.4. The summed E-state index contributed by atoms with van der Waals surface area (Å²) in [5.74, 6) is 0.560. The SMILES string of the molecule is CCN(CC(=O)NC(C)C)C(=O)c1ccnc(Oc2ccccc2)c1. The third-order valence-electron chi connectivity index (χ3n) is 3.40. The Bertz CT molecular complexity index is 717. The fraction of sp³-hybridized carbons (Fsp3) is 0.316. The van der Waals surface area contributed by atoms with Crippen LogP contribution in [0.25, 0.3) is 0 Å². The van der Waals surface area contributed by atoms with Crippen molar-refractivity contribution in [3.8, 4) is 11.6 Å². The first-order valence-electron chi connectivity index (χ1n) is 8.27. The van der Waals surface area contributed by atoms with Crippen molar-refractivity contribution in [3.63, 3.8) is 0 Å². The molecule has 1 N–H and O–H groups in total. The number of carbonyl (C=O) groups excluding carboxylic acids is 2. The van der Waals surface area contributed by atoms with Gasteiger partial charge >= 0.3 is 0 Å². The second-order valence-corrected chi connectivity index (χ2v) is 5.84. The Labute approximate surface area is 147 Å². The van der Waals surface area contributed by atoms with E-state index in [1.807, 2.05) is 51.1 Å². The van der Waals surface area contributed by atoms with Crippen molar-refractivity contribution >= 4 is 11.8 Å². The molecule has 2 amide bonds. The maximum absolute atomic E-state index is 12.7. The number of carbonyl (C=O) groups is 2. The largest absolute Gasteiger partial charge is 0.439 e. The fourth-order valence-electron chi connectivity index (χ4n) is 2.26. The molecule has 25 heavy (non-hydrogen) atoms. The Kier molecular flexibility index (Phi) is 6.51. The molecule has 2 rings (SSSR count). The van der Waals surface area contributed by atoms with Gasteiger partial charge in [0, 0.05) is 30.4 Å². The predicted octanol–water partition coefficient (Wildman–Crippen LogP) is 2.86. The van der Waals surface area contributed by atoms with E-state index in [0.717, 1.165) is 0 Å². The zero-order valence-corrected chi connectivity index (χ0v) is 14.7. The number of para-hydroxylation sites is 1. The number of aromatic nitrogens is 1. The van der Waals surface area contributed by atoms with Gasteiger partial charge in [0.1, 0.15) is 5.75 Å². The van der Waals surface area contributed by atoms with Gasteiger partial charge in [-0.2, -0.15) is 0 Å². The third-order valence-corrected chi connectivity index (χ3v) is 3.40. The average molecular weight is 341 g/mol. The van der Waals surface area contributed by atoms with Gasteiger partial charge in [-0.3, -0.25) is 9.59 Å². The maximum atomic E-state index is 12.7. The number of amides is 2. The highest BCUT2D eigenvalue weighted by Gasteiger charge is 2.18. The van der Waals surface area contributed by atoms with Gasteiger partial charge in [-0.05, 0) is 39.0 Å². The minimum atomic E-state index is -0.235. The van der Waals surface area contributed by atoms with Crippen LogP contribution in [-0.4, -0.2) is 40.8 Å². The minimum absolute atomic E-state index is 0.0186. The number of nitrogens with one attached hydrogen (secondary N) is 1. The number of nitrogens with zero attached hydrogens (tertiary/aromatic N) is 2. The standard InChI is InChI=1S/C19H23N3O3/c1-4-22(13-17(23)21-14(2)3)19(24)15-10-11-20-18(12-15)25-16-8-6-5-7-9-16/h5-12,14H,4,13H2,1-3H3,(H,21,23). The molecule has 6 heteroatoms. The molecule has 0 unspecified atom stereocenters. The highest BCUT2D eigenvalue weighted by Crippen LogP contribution is 2.20. The number of ether oxygens (including phenoxy) is 1. The summed E-state index contributed by atoms with van der Waals surface area (Å²) in [5.41, 5.74) is 0.431. The summed E-state index contributed by atoms with van der Waals surface area (Å²) in [6.45, 7) is 6.05. The third kappa shape index (κ3) is 5.60. The summed E-state index contributed by atoms with van der Waals surface area (Å²) >= 11 is 0. The number of benzene rings is 1. The molecule has 0 aliphatic carbocycles. The lowest BCUT2D eigenvalue weighted by atomic mass is 10.2. The molecule has 0 aliphatic heterocycles. The van der Waals surface area contributed by atoms with Crippen molar-refractivity contribution in [1.29, 1.82) is 0 Å². The van der Waals surface area contributed by atoms with Crippen LogP contribution in [0.5, 0.6) is 11.6 Å². The monoisotopic (exact) mass is 341 g/mol. The first kappa shape index (κ1) is 18.4. The summed E-state index contributed by atoms with van der Waals surface area (Å²) < 4.78 is 5.66. The molecule has 1 aromatic carbocycles. The van der Waals surface area contributed by atoms with Crippen LogP contribution in [0.3, 0.4) is 0 Å². The van der Waals surface area contributed by atoms with Crippen molar-refractivity contribution in [2.24, 2.45) is 0 Å². The lowest BCUT2D eigenvalue weighted by Crippen LogP contribution is -2.42. The Hall–Kier alpha value is -2.89. The van der Waals surface area contributed by atoms with Crippen LogP contribution >= 0.6 is 0 Å². The second kappa shape index (κ2) is 8.82. The molecule has 2 aromatic rings. The van der Waals surface area contributed by atoms with Gasteiger partial charge < -0.3 is 15.0 Å². The zero-order valence-electron chi connectivity index (χ0n) is 14.7. The second-order valence-electron chi connectivity index (χ2n) is 5.84. The smallest absolute Gasteiger partial charge is 0.254 e. The summed E-state index contributed by atoms with van der Waals surface area (Å²) in [7, 11) is 0. The molecule has 1 aromatic heterocycles. The topological polar surface area (TPSA) is 71.5 Å². The molecule has 0 spiro atoms. The number of hydrogen-bond donors (Lipinski definition) is 1. The van der Waals surface area contributed by atoms with E-state index in [1.165, 1.54) is 11.1 Å². The van der Waals surface area contributed by atoms with Gasteiger partial charge in [0.05, 0.1) is 6.54 Å². The molecule has 0 fully saturated rings. The molecular weight excluding hydrogens is 318 g/mol. The van der Waals surface area contributed by atoms with Crippen LogP contribution < -0.4 is 10.1 Å². The van der Waals surface area contributed by atoms with E-state index in [-0.39, 0.29) is 24.4 Å². The molecule has 0 saturated carbocycles. The maximum Gasteiger partial charge on any atom is 0.254 e. The highest BCUT2D eigenvalue weighted by atomic mass is 16.5. The van der Waals surface area contributed by atoms with Crippen LogP contribution in [0.15, 0.2) is 48.7 Å². The van der Waals surface area contributed by atoms with E-state index in [0.29, 0.717) is 23.7 Å². The molecule has 0 radical (unpaired) electrons. The van der Waals surface area contributed by atoms with Gasteiger partial charge in [-0.1, -0.05) is 18.2 Å². The molecule has 0 atom stereocenters. The molecular formula is C19H23N3O3. The van der Waals surface area contributed by atoms with Crippen molar-refractivity contribution < 1.29 is 14.3 Å². The lowest BCUT2D eigenvalue weighted by Gasteiger charge is -2.21. The van der Waals surface area contributed by atoms with Crippen molar-refractivity contribution in [3.05, 3.63) is 54.2 Å². The molecule has 0 saturated heterocycles.